The number of amides is 1. The fraction of sp³-hybridized carbons (Fsp3) is 0.385. The zero-order valence-electron chi connectivity index (χ0n) is 19.5. The molecule has 178 valence electrons. The van der Waals surface area contributed by atoms with Crippen LogP contribution in [0, 0.1) is 0 Å². The molecule has 8 nitrogen and oxygen atoms in total. The molecule has 0 unspecified atom stereocenters. The maximum atomic E-state index is 12.7. The Balaban J connectivity index is 1.10. The van der Waals surface area contributed by atoms with E-state index in [2.05, 4.69) is 26.9 Å². The molecule has 1 aromatic heterocycles. The Kier molecular flexibility index (Phi) is 6.78. The van der Waals surface area contributed by atoms with Gasteiger partial charge in [-0.15, -0.1) is 0 Å². The summed E-state index contributed by atoms with van der Waals surface area (Å²) in [6.45, 7) is 7.00. The first-order valence-electron chi connectivity index (χ1n) is 11.7. The molecular formula is C26H30N4O4. The molecule has 3 aromatic rings. The van der Waals surface area contributed by atoms with Gasteiger partial charge in [0.2, 0.25) is 5.89 Å². The highest BCUT2D eigenvalue weighted by molar-refractivity contribution is 5.91. The fourth-order valence-corrected chi connectivity index (χ4v) is 4.35. The number of carbonyl (C=O) groups is 1. The van der Waals surface area contributed by atoms with Crippen molar-refractivity contribution in [1.82, 2.24) is 19.7 Å². The third kappa shape index (κ3) is 5.40. The van der Waals surface area contributed by atoms with Crippen molar-refractivity contribution < 1.29 is 18.7 Å². The van der Waals surface area contributed by atoms with Crippen LogP contribution in [0.4, 0.5) is 0 Å². The summed E-state index contributed by atoms with van der Waals surface area (Å²) in [4.78, 5) is 23.6. The molecule has 0 bridgehead atoms. The van der Waals surface area contributed by atoms with Gasteiger partial charge in [-0.2, -0.15) is 0 Å². The summed E-state index contributed by atoms with van der Waals surface area (Å²) in [5.74, 6) is 2.11. The molecule has 2 aromatic carbocycles. The smallest absolute Gasteiger partial charge is 0.275 e. The van der Waals surface area contributed by atoms with E-state index in [1.165, 1.54) is 11.8 Å². The average molecular weight is 463 g/mol. The lowest BCUT2D eigenvalue weighted by atomic mass is 10.1. The van der Waals surface area contributed by atoms with Gasteiger partial charge in [0.25, 0.3) is 5.91 Å². The van der Waals surface area contributed by atoms with Crippen LogP contribution in [-0.4, -0.2) is 72.0 Å². The van der Waals surface area contributed by atoms with Gasteiger partial charge in [0, 0.05) is 46.3 Å². The van der Waals surface area contributed by atoms with Crippen LogP contribution in [0.25, 0.3) is 0 Å². The Bertz CT molecular complexity index is 1110. The first kappa shape index (κ1) is 22.4. The van der Waals surface area contributed by atoms with Gasteiger partial charge >= 0.3 is 0 Å². The van der Waals surface area contributed by atoms with Crippen LogP contribution in [-0.2, 0) is 19.6 Å². The maximum absolute atomic E-state index is 12.7. The SMILES string of the molecule is CN(Cc1ccccc1)C(=O)c1coc(CN2CCN(Cc3ccc4c(c3)OCCO4)CC2)n1. The normalized spacial score (nSPS) is 16.4. The number of nitrogens with zero attached hydrogens (tertiary/aromatic N) is 4. The van der Waals surface area contributed by atoms with Gasteiger partial charge in [0.15, 0.2) is 17.2 Å². The number of rotatable bonds is 7. The molecule has 0 N–H and O–H groups in total. The highest BCUT2D eigenvalue weighted by atomic mass is 16.6. The van der Waals surface area contributed by atoms with Crippen molar-refractivity contribution >= 4 is 5.91 Å². The first-order valence-corrected chi connectivity index (χ1v) is 11.7. The largest absolute Gasteiger partial charge is 0.486 e. The Morgan fingerprint density at radius 1 is 0.912 bits per heavy atom. The first-order chi connectivity index (χ1) is 16.6. The van der Waals surface area contributed by atoms with Crippen LogP contribution < -0.4 is 9.47 Å². The van der Waals surface area contributed by atoms with E-state index in [1.54, 1.807) is 11.9 Å². The average Bonchev–Trinajstić information content (AvgIpc) is 3.34. The van der Waals surface area contributed by atoms with Crippen molar-refractivity contribution in [3.05, 3.63) is 77.5 Å². The third-order valence-corrected chi connectivity index (χ3v) is 6.22. The van der Waals surface area contributed by atoms with Gasteiger partial charge in [0.1, 0.15) is 19.5 Å². The molecule has 0 radical (unpaired) electrons. The molecule has 2 aliphatic rings. The molecule has 34 heavy (non-hydrogen) atoms. The van der Waals surface area contributed by atoms with E-state index < -0.39 is 0 Å². The van der Waals surface area contributed by atoms with Crippen molar-refractivity contribution in [2.45, 2.75) is 19.6 Å². The number of piperazine rings is 1. The van der Waals surface area contributed by atoms with Gasteiger partial charge in [-0.25, -0.2) is 4.98 Å². The second kappa shape index (κ2) is 10.3. The van der Waals surface area contributed by atoms with Gasteiger partial charge in [-0.3, -0.25) is 14.6 Å². The summed E-state index contributed by atoms with van der Waals surface area (Å²) in [5.41, 5.74) is 2.66. The standard InChI is InChI=1S/C26H30N4O4/c1-28(16-20-5-3-2-4-6-20)26(31)22-19-34-25(27-22)18-30-11-9-29(10-12-30)17-21-7-8-23-24(15-21)33-14-13-32-23/h2-8,15,19H,9-14,16-18H2,1H3. The van der Waals surface area contributed by atoms with Crippen LogP contribution in [0.3, 0.4) is 0 Å². The molecule has 1 fully saturated rings. The number of ether oxygens (including phenoxy) is 2. The van der Waals surface area contributed by atoms with Crippen LogP contribution >= 0.6 is 0 Å². The summed E-state index contributed by atoms with van der Waals surface area (Å²) in [7, 11) is 1.78. The lowest BCUT2D eigenvalue weighted by Gasteiger charge is -2.34. The highest BCUT2D eigenvalue weighted by Gasteiger charge is 2.22. The Hall–Kier alpha value is -3.36. The lowest BCUT2D eigenvalue weighted by molar-refractivity contribution is 0.0779. The predicted molar refractivity (Wildman–Crippen MR) is 127 cm³/mol. The van der Waals surface area contributed by atoms with Gasteiger partial charge < -0.3 is 18.8 Å². The number of oxazole rings is 1. The van der Waals surface area contributed by atoms with Gasteiger partial charge in [-0.05, 0) is 23.3 Å². The van der Waals surface area contributed by atoms with Crippen LogP contribution in [0.1, 0.15) is 27.5 Å². The quantitative estimate of drug-likeness (QED) is 0.535. The second-order valence-electron chi connectivity index (χ2n) is 8.80. The highest BCUT2D eigenvalue weighted by Crippen LogP contribution is 2.31. The molecule has 1 saturated heterocycles. The second-order valence-corrected chi connectivity index (χ2v) is 8.80. The fourth-order valence-electron chi connectivity index (χ4n) is 4.35. The van der Waals surface area contributed by atoms with Gasteiger partial charge in [0.05, 0.1) is 6.54 Å². The number of benzene rings is 2. The summed E-state index contributed by atoms with van der Waals surface area (Å²) < 4.78 is 16.9. The minimum absolute atomic E-state index is 0.136. The van der Waals surface area contributed by atoms with Crippen LogP contribution in [0.2, 0.25) is 0 Å². The molecular weight excluding hydrogens is 432 g/mol. The van der Waals surface area contributed by atoms with Crippen LogP contribution in [0.5, 0.6) is 11.5 Å². The number of carbonyl (C=O) groups excluding carboxylic acids is 1. The third-order valence-electron chi connectivity index (χ3n) is 6.22. The van der Waals surface area contributed by atoms with E-state index in [9.17, 15) is 4.79 Å². The number of fused-ring (bicyclic) bond motifs is 1. The van der Waals surface area contributed by atoms with E-state index in [0.717, 1.165) is 49.8 Å². The van der Waals surface area contributed by atoms with Crippen molar-refractivity contribution in [3.63, 3.8) is 0 Å². The van der Waals surface area contributed by atoms with Crippen molar-refractivity contribution in [3.8, 4) is 11.5 Å². The monoisotopic (exact) mass is 462 g/mol. The molecule has 2 aliphatic heterocycles. The summed E-state index contributed by atoms with van der Waals surface area (Å²) in [6, 6.07) is 16.1. The summed E-state index contributed by atoms with van der Waals surface area (Å²) in [5, 5.41) is 0. The molecule has 1 amide bonds. The molecule has 3 heterocycles. The minimum atomic E-state index is -0.136. The van der Waals surface area contributed by atoms with E-state index >= 15 is 0 Å². The molecule has 0 atom stereocenters. The number of hydrogen-bond acceptors (Lipinski definition) is 7. The molecule has 0 aliphatic carbocycles. The Morgan fingerprint density at radius 3 is 2.38 bits per heavy atom. The predicted octanol–water partition coefficient (Wildman–Crippen LogP) is 3.04. The van der Waals surface area contributed by atoms with Crippen LogP contribution in [0.15, 0.2) is 59.2 Å². The maximum Gasteiger partial charge on any atom is 0.275 e. The minimum Gasteiger partial charge on any atom is -0.486 e. The van der Waals surface area contributed by atoms with E-state index in [0.29, 0.717) is 37.9 Å². The van der Waals surface area contributed by atoms with Crippen molar-refractivity contribution in [1.29, 1.82) is 0 Å². The van der Waals surface area contributed by atoms with Crippen molar-refractivity contribution in [2.75, 3.05) is 46.4 Å². The lowest BCUT2D eigenvalue weighted by Crippen LogP contribution is -2.45. The summed E-state index contributed by atoms with van der Waals surface area (Å²) >= 11 is 0. The van der Waals surface area contributed by atoms with E-state index in [-0.39, 0.29) is 5.91 Å². The Morgan fingerprint density at radius 2 is 1.62 bits per heavy atom. The topological polar surface area (TPSA) is 71.3 Å². The van der Waals surface area contributed by atoms with E-state index in [1.807, 2.05) is 36.4 Å². The molecule has 0 spiro atoms. The Labute approximate surface area is 199 Å². The number of aromatic nitrogens is 1. The number of hydrogen-bond donors (Lipinski definition) is 0. The summed E-state index contributed by atoms with van der Waals surface area (Å²) in [6.07, 6.45) is 1.47. The molecule has 0 saturated carbocycles. The molecule has 8 heteroatoms. The van der Waals surface area contributed by atoms with E-state index in [4.69, 9.17) is 13.9 Å². The molecule has 5 rings (SSSR count). The van der Waals surface area contributed by atoms with Crippen molar-refractivity contribution in [2.24, 2.45) is 0 Å². The zero-order valence-corrected chi connectivity index (χ0v) is 19.5. The van der Waals surface area contributed by atoms with Gasteiger partial charge in [-0.1, -0.05) is 36.4 Å². The zero-order chi connectivity index (χ0) is 23.3.